The molecule has 0 bridgehead atoms. The lowest BCUT2D eigenvalue weighted by Crippen LogP contribution is -2.21. The first-order valence-electron chi connectivity index (χ1n) is 3.12. The van der Waals surface area contributed by atoms with Crippen LogP contribution in [0, 0.1) is 0 Å². The predicted molar refractivity (Wildman–Crippen MR) is 42.6 cm³/mol. The Labute approximate surface area is 64.7 Å². The molecular formula is C6H10N2OS. The molecule has 10 heavy (non-hydrogen) atoms. The van der Waals surface area contributed by atoms with Crippen LogP contribution in [0.4, 0.5) is 0 Å². The van der Waals surface area contributed by atoms with Crippen molar-refractivity contribution in [1.82, 2.24) is 9.13 Å². The topological polar surface area (TPSA) is 26.9 Å². The molecule has 0 saturated carbocycles. The minimum absolute atomic E-state index is 0.00694. The predicted octanol–water partition coefficient (Wildman–Crippen LogP) is 0.495. The summed E-state index contributed by atoms with van der Waals surface area (Å²) in [6.07, 6.45) is 1.73. The van der Waals surface area contributed by atoms with Gasteiger partial charge >= 0.3 is 5.69 Å². The molecule has 1 aromatic heterocycles. The minimum atomic E-state index is -0.00694. The van der Waals surface area contributed by atoms with Crippen LogP contribution in [0.15, 0.2) is 16.0 Å². The second-order valence-corrected chi connectivity index (χ2v) is 2.57. The van der Waals surface area contributed by atoms with Crippen molar-refractivity contribution in [3.63, 3.8) is 0 Å². The fourth-order valence-corrected chi connectivity index (χ4v) is 1.02. The van der Waals surface area contributed by atoms with E-state index in [4.69, 9.17) is 0 Å². The first kappa shape index (κ1) is 7.47. The van der Waals surface area contributed by atoms with Crippen molar-refractivity contribution >= 4 is 12.6 Å². The van der Waals surface area contributed by atoms with Gasteiger partial charge in [0.15, 0.2) is 0 Å². The number of imidazole rings is 1. The van der Waals surface area contributed by atoms with Gasteiger partial charge in [0.05, 0.1) is 5.03 Å². The second-order valence-electron chi connectivity index (χ2n) is 2.11. The second kappa shape index (κ2) is 2.54. The van der Waals surface area contributed by atoms with Gasteiger partial charge in [0.1, 0.15) is 0 Å². The summed E-state index contributed by atoms with van der Waals surface area (Å²) in [5.74, 6) is 0. The fourth-order valence-electron chi connectivity index (χ4n) is 0.798. The molecule has 0 saturated heterocycles. The van der Waals surface area contributed by atoms with E-state index in [2.05, 4.69) is 12.6 Å². The molecule has 0 N–H and O–H groups in total. The van der Waals surface area contributed by atoms with E-state index in [0.29, 0.717) is 11.6 Å². The largest absolute Gasteiger partial charge is 0.328 e. The summed E-state index contributed by atoms with van der Waals surface area (Å²) in [5.41, 5.74) is -0.00694. The molecule has 0 aromatic carbocycles. The van der Waals surface area contributed by atoms with Gasteiger partial charge in [0.2, 0.25) is 0 Å². The van der Waals surface area contributed by atoms with Crippen LogP contribution < -0.4 is 5.69 Å². The molecule has 1 rings (SSSR count). The summed E-state index contributed by atoms with van der Waals surface area (Å²) in [6.45, 7) is 2.63. The lowest BCUT2D eigenvalue weighted by Gasteiger charge is -1.89. The first-order valence-corrected chi connectivity index (χ1v) is 3.56. The van der Waals surface area contributed by atoms with Gasteiger partial charge in [-0.05, 0) is 6.92 Å². The maximum Gasteiger partial charge on any atom is 0.328 e. The zero-order valence-electron chi connectivity index (χ0n) is 6.03. The van der Waals surface area contributed by atoms with Crippen molar-refractivity contribution in [3.8, 4) is 0 Å². The maximum atomic E-state index is 11.1. The molecule has 0 spiro atoms. The maximum absolute atomic E-state index is 11.1. The third-order valence-electron chi connectivity index (χ3n) is 1.49. The average Bonchev–Trinajstić information content (AvgIpc) is 2.17. The van der Waals surface area contributed by atoms with E-state index in [1.54, 1.807) is 17.8 Å². The summed E-state index contributed by atoms with van der Waals surface area (Å²) >= 11 is 4.08. The highest BCUT2D eigenvalue weighted by Crippen LogP contribution is 1.99. The fraction of sp³-hybridized carbons (Fsp3) is 0.500. The van der Waals surface area contributed by atoms with Crippen LogP contribution in [-0.4, -0.2) is 9.13 Å². The SMILES string of the molecule is CCn1cc(S)n(C)c1=O. The van der Waals surface area contributed by atoms with Crippen molar-refractivity contribution < 1.29 is 0 Å². The van der Waals surface area contributed by atoms with E-state index in [1.165, 1.54) is 4.57 Å². The van der Waals surface area contributed by atoms with Crippen LogP contribution in [0.2, 0.25) is 0 Å². The molecule has 1 aromatic rings. The summed E-state index contributed by atoms with van der Waals surface area (Å²) in [5, 5.41) is 0.701. The van der Waals surface area contributed by atoms with E-state index >= 15 is 0 Å². The molecule has 56 valence electrons. The Kier molecular flexibility index (Phi) is 1.89. The highest BCUT2D eigenvalue weighted by Gasteiger charge is 2.00. The van der Waals surface area contributed by atoms with Crippen LogP contribution in [0.25, 0.3) is 0 Å². The van der Waals surface area contributed by atoms with Crippen LogP contribution in [0.3, 0.4) is 0 Å². The molecule has 0 unspecified atom stereocenters. The van der Waals surface area contributed by atoms with Gasteiger partial charge in [0, 0.05) is 19.8 Å². The summed E-state index contributed by atoms with van der Waals surface area (Å²) < 4.78 is 3.12. The van der Waals surface area contributed by atoms with Gasteiger partial charge in [-0.2, -0.15) is 0 Å². The summed E-state index contributed by atoms with van der Waals surface area (Å²) in [6, 6.07) is 0. The molecule has 3 nitrogen and oxygen atoms in total. The monoisotopic (exact) mass is 158 g/mol. The van der Waals surface area contributed by atoms with Crippen molar-refractivity contribution in [2.45, 2.75) is 18.5 Å². The normalized spacial score (nSPS) is 10.3. The smallest absolute Gasteiger partial charge is 0.298 e. The molecule has 0 atom stereocenters. The van der Waals surface area contributed by atoms with Crippen LogP contribution in [-0.2, 0) is 13.6 Å². The van der Waals surface area contributed by atoms with Gasteiger partial charge in [-0.25, -0.2) is 4.79 Å². The highest BCUT2D eigenvalue weighted by atomic mass is 32.1. The van der Waals surface area contributed by atoms with Crippen molar-refractivity contribution in [1.29, 1.82) is 0 Å². The number of rotatable bonds is 1. The van der Waals surface area contributed by atoms with Gasteiger partial charge in [-0.1, -0.05) is 0 Å². The van der Waals surface area contributed by atoms with Crippen LogP contribution in [0.5, 0.6) is 0 Å². The molecule has 0 radical (unpaired) electrons. The van der Waals surface area contributed by atoms with Crippen LogP contribution in [0.1, 0.15) is 6.92 Å². The number of aryl methyl sites for hydroxylation is 1. The summed E-state index contributed by atoms with van der Waals surface area (Å²) in [7, 11) is 1.71. The molecule has 0 aliphatic rings. The standard InChI is InChI=1S/C6H10N2OS/c1-3-8-4-5(10)7(2)6(8)9/h4,10H,3H2,1-2H3. The quantitative estimate of drug-likeness (QED) is 0.592. The van der Waals surface area contributed by atoms with E-state index in [9.17, 15) is 4.79 Å². The third kappa shape index (κ3) is 0.988. The Bertz CT molecular complexity index is 286. The Morgan fingerprint density at radius 1 is 1.70 bits per heavy atom. The third-order valence-corrected chi connectivity index (χ3v) is 1.90. The van der Waals surface area contributed by atoms with Gasteiger partial charge in [-0.15, -0.1) is 12.6 Å². The minimum Gasteiger partial charge on any atom is -0.298 e. The van der Waals surface area contributed by atoms with Crippen LogP contribution >= 0.6 is 12.6 Å². The molecule has 0 fully saturated rings. The summed E-state index contributed by atoms with van der Waals surface area (Å²) in [4.78, 5) is 11.1. The molecular weight excluding hydrogens is 148 g/mol. The molecule has 1 heterocycles. The lowest BCUT2D eigenvalue weighted by atomic mass is 10.7. The number of hydrogen-bond acceptors (Lipinski definition) is 2. The van der Waals surface area contributed by atoms with Crippen molar-refractivity contribution in [3.05, 3.63) is 16.7 Å². The van der Waals surface area contributed by atoms with E-state index < -0.39 is 0 Å². The molecule has 4 heteroatoms. The first-order chi connectivity index (χ1) is 4.66. The lowest BCUT2D eigenvalue weighted by molar-refractivity contribution is 0.688. The van der Waals surface area contributed by atoms with Gasteiger partial charge in [0.25, 0.3) is 0 Å². The Morgan fingerprint density at radius 3 is 2.50 bits per heavy atom. The Hall–Kier alpha value is -0.640. The zero-order chi connectivity index (χ0) is 7.72. The molecule has 0 aliphatic carbocycles. The zero-order valence-corrected chi connectivity index (χ0v) is 6.93. The average molecular weight is 158 g/mol. The van der Waals surface area contributed by atoms with Crippen molar-refractivity contribution in [2.75, 3.05) is 0 Å². The van der Waals surface area contributed by atoms with Gasteiger partial charge < -0.3 is 0 Å². The number of thiol groups is 1. The number of nitrogens with zero attached hydrogens (tertiary/aromatic N) is 2. The van der Waals surface area contributed by atoms with E-state index in [0.717, 1.165) is 0 Å². The highest BCUT2D eigenvalue weighted by molar-refractivity contribution is 7.80. The number of hydrogen-bond donors (Lipinski definition) is 1. The van der Waals surface area contributed by atoms with E-state index in [1.807, 2.05) is 6.92 Å². The Balaban J connectivity index is 3.31. The molecule has 0 aliphatic heterocycles. The van der Waals surface area contributed by atoms with E-state index in [-0.39, 0.29) is 5.69 Å². The van der Waals surface area contributed by atoms with Gasteiger partial charge in [-0.3, -0.25) is 9.13 Å². The Morgan fingerprint density at radius 2 is 2.30 bits per heavy atom. The van der Waals surface area contributed by atoms with Crippen molar-refractivity contribution in [2.24, 2.45) is 7.05 Å². The molecule has 0 amide bonds. The number of aromatic nitrogens is 2.